The van der Waals surface area contributed by atoms with Crippen molar-refractivity contribution in [3.8, 4) is 0 Å². The standard InChI is InChI=1S/C16H22ClFN2O2/c1-11-10-19(15(21)22-16(2,3)4)7-8-20(11)12-5-6-13(17)14(18)9-12/h5-6,9,11H,7-8,10H2,1-4H3/t11-/m0/s1. The van der Waals surface area contributed by atoms with Crippen LogP contribution in [0.2, 0.25) is 5.02 Å². The topological polar surface area (TPSA) is 32.8 Å². The molecule has 0 radical (unpaired) electrons. The van der Waals surface area contributed by atoms with E-state index < -0.39 is 11.4 Å². The maximum atomic E-state index is 13.6. The van der Waals surface area contributed by atoms with Gasteiger partial charge in [0.1, 0.15) is 11.4 Å². The average molecular weight is 329 g/mol. The van der Waals surface area contributed by atoms with Crippen molar-refractivity contribution < 1.29 is 13.9 Å². The number of hydrogen-bond acceptors (Lipinski definition) is 3. The van der Waals surface area contributed by atoms with E-state index in [0.717, 1.165) is 5.69 Å². The normalized spacial score (nSPS) is 19.3. The SMILES string of the molecule is C[C@H]1CN(C(=O)OC(C)(C)C)CCN1c1ccc(Cl)c(F)c1. The number of carbonyl (C=O) groups excluding carboxylic acids is 1. The number of anilines is 1. The lowest BCUT2D eigenvalue weighted by molar-refractivity contribution is 0.0219. The molecule has 0 N–H and O–H groups in total. The van der Waals surface area contributed by atoms with Crippen molar-refractivity contribution in [1.82, 2.24) is 4.90 Å². The molecular formula is C16H22ClFN2O2. The molecule has 1 heterocycles. The van der Waals surface area contributed by atoms with E-state index in [9.17, 15) is 9.18 Å². The molecule has 0 aliphatic carbocycles. The molecule has 0 bridgehead atoms. The van der Waals surface area contributed by atoms with Gasteiger partial charge in [0.2, 0.25) is 0 Å². The van der Waals surface area contributed by atoms with Crippen LogP contribution in [0.15, 0.2) is 18.2 Å². The lowest BCUT2D eigenvalue weighted by Crippen LogP contribution is -2.54. The minimum Gasteiger partial charge on any atom is -0.444 e. The number of halogens is 2. The Labute approximate surface area is 135 Å². The molecule has 0 unspecified atom stereocenters. The smallest absolute Gasteiger partial charge is 0.410 e. The Balaban J connectivity index is 2.03. The molecule has 0 spiro atoms. The van der Waals surface area contributed by atoms with Crippen LogP contribution in [-0.2, 0) is 4.74 Å². The van der Waals surface area contributed by atoms with Gasteiger partial charge in [-0.1, -0.05) is 11.6 Å². The molecule has 1 fully saturated rings. The molecule has 6 heteroatoms. The highest BCUT2D eigenvalue weighted by Gasteiger charge is 2.30. The van der Waals surface area contributed by atoms with Crippen molar-refractivity contribution in [1.29, 1.82) is 0 Å². The Hall–Kier alpha value is -1.49. The maximum Gasteiger partial charge on any atom is 0.410 e. The number of rotatable bonds is 1. The highest BCUT2D eigenvalue weighted by Crippen LogP contribution is 2.25. The van der Waals surface area contributed by atoms with E-state index in [-0.39, 0.29) is 17.2 Å². The lowest BCUT2D eigenvalue weighted by atomic mass is 10.1. The van der Waals surface area contributed by atoms with Crippen molar-refractivity contribution in [2.24, 2.45) is 0 Å². The third-order valence-electron chi connectivity index (χ3n) is 3.51. The summed E-state index contributed by atoms with van der Waals surface area (Å²) in [6.07, 6.45) is -0.304. The highest BCUT2D eigenvalue weighted by atomic mass is 35.5. The molecule has 2 rings (SSSR count). The lowest BCUT2D eigenvalue weighted by Gasteiger charge is -2.41. The summed E-state index contributed by atoms with van der Waals surface area (Å²) in [6, 6.07) is 4.86. The van der Waals surface area contributed by atoms with Gasteiger partial charge in [-0.05, 0) is 45.9 Å². The first kappa shape index (κ1) is 16.9. The van der Waals surface area contributed by atoms with E-state index in [1.807, 2.05) is 27.7 Å². The van der Waals surface area contributed by atoms with E-state index in [1.165, 1.54) is 6.07 Å². The summed E-state index contributed by atoms with van der Waals surface area (Å²) in [7, 11) is 0. The fraction of sp³-hybridized carbons (Fsp3) is 0.562. The van der Waals surface area contributed by atoms with E-state index in [0.29, 0.717) is 19.6 Å². The summed E-state index contributed by atoms with van der Waals surface area (Å²) < 4.78 is 19.0. The Morgan fingerprint density at radius 3 is 2.59 bits per heavy atom. The second-order valence-corrected chi connectivity index (χ2v) is 6.97. The number of nitrogens with zero attached hydrogens (tertiary/aromatic N) is 2. The third kappa shape index (κ3) is 4.03. The largest absolute Gasteiger partial charge is 0.444 e. The first-order valence-corrected chi connectivity index (χ1v) is 7.75. The third-order valence-corrected chi connectivity index (χ3v) is 3.82. The zero-order valence-corrected chi connectivity index (χ0v) is 14.2. The van der Waals surface area contributed by atoms with Crippen LogP contribution in [-0.4, -0.2) is 42.3 Å². The summed E-state index contributed by atoms with van der Waals surface area (Å²) in [5.74, 6) is -0.430. The number of amides is 1. The number of ether oxygens (including phenoxy) is 1. The minimum atomic E-state index is -0.503. The van der Waals surface area contributed by atoms with Crippen LogP contribution in [0.5, 0.6) is 0 Å². The number of benzene rings is 1. The number of hydrogen-bond donors (Lipinski definition) is 0. The van der Waals surface area contributed by atoms with Gasteiger partial charge in [-0.2, -0.15) is 0 Å². The average Bonchev–Trinajstić information content (AvgIpc) is 2.40. The molecule has 1 saturated heterocycles. The molecular weight excluding hydrogens is 307 g/mol. The maximum absolute atomic E-state index is 13.6. The molecule has 1 aromatic carbocycles. The second-order valence-electron chi connectivity index (χ2n) is 6.57. The Morgan fingerprint density at radius 1 is 1.36 bits per heavy atom. The number of piperazine rings is 1. The van der Waals surface area contributed by atoms with Gasteiger partial charge in [-0.25, -0.2) is 9.18 Å². The zero-order chi connectivity index (χ0) is 16.5. The first-order valence-electron chi connectivity index (χ1n) is 7.37. The second kappa shape index (κ2) is 6.32. The van der Waals surface area contributed by atoms with Gasteiger partial charge >= 0.3 is 6.09 Å². The molecule has 4 nitrogen and oxygen atoms in total. The quantitative estimate of drug-likeness (QED) is 0.783. The van der Waals surface area contributed by atoms with Crippen molar-refractivity contribution in [3.05, 3.63) is 29.0 Å². The van der Waals surface area contributed by atoms with Crippen LogP contribution in [0, 0.1) is 5.82 Å². The summed E-state index contributed by atoms with van der Waals surface area (Å²) in [5, 5.41) is 0.115. The van der Waals surface area contributed by atoms with Crippen molar-refractivity contribution >= 4 is 23.4 Å². The predicted molar refractivity (Wildman–Crippen MR) is 86.0 cm³/mol. The highest BCUT2D eigenvalue weighted by molar-refractivity contribution is 6.30. The van der Waals surface area contributed by atoms with E-state index in [4.69, 9.17) is 16.3 Å². The van der Waals surface area contributed by atoms with Gasteiger partial charge in [0, 0.05) is 31.4 Å². The van der Waals surface area contributed by atoms with Gasteiger partial charge in [-0.15, -0.1) is 0 Å². The Morgan fingerprint density at radius 2 is 2.05 bits per heavy atom. The number of carbonyl (C=O) groups is 1. The zero-order valence-electron chi connectivity index (χ0n) is 13.4. The van der Waals surface area contributed by atoms with Crippen molar-refractivity contribution in [2.45, 2.75) is 39.3 Å². The fourth-order valence-electron chi connectivity index (χ4n) is 2.50. The molecule has 0 saturated carbocycles. The van der Waals surface area contributed by atoms with Crippen molar-refractivity contribution in [3.63, 3.8) is 0 Å². The van der Waals surface area contributed by atoms with Crippen LogP contribution >= 0.6 is 11.6 Å². The predicted octanol–water partition coefficient (Wildman–Crippen LogP) is 3.92. The van der Waals surface area contributed by atoms with E-state index in [1.54, 1.807) is 17.0 Å². The summed E-state index contributed by atoms with van der Waals surface area (Å²) in [4.78, 5) is 15.9. The molecule has 22 heavy (non-hydrogen) atoms. The van der Waals surface area contributed by atoms with E-state index in [2.05, 4.69) is 4.90 Å². The molecule has 1 atom stereocenters. The summed E-state index contributed by atoms with van der Waals surface area (Å²) in [6.45, 7) is 9.26. The fourth-order valence-corrected chi connectivity index (χ4v) is 2.61. The van der Waals surface area contributed by atoms with Crippen LogP contribution in [0.25, 0.3) is 0 Å². The Kier molecular flexibility index (Phi) is 4.85. The first-order chi connectivity index (χ1) is 10.2. The van der Waals surface area contributed by atoms with Crippen LogP contribution in [0.4, 0.5) is 14.9 Å². The van der Waals surface area contributed by atoms with Crippen LogP contribution in [0.3, 0.4) is 0 Å². The van der Waals surface area contributed by atoms with Crippen molar-refractivity contribution in [2.75, 3.05) is 24.5 Å². The minimum absolute atomic E-state index is 0.0712. The molecule has 1 aliphatic rings. The molecule has 1 amide bonds. The summed E-state index contributed by atoms with van der Waals surface area (Å²) >= 11 is 5.72. The van der Waals surface area contributed by atoms with Gasteiger partial charge in [-0.3, -0.25) is 0 Å². The molecule has 0 aromatic heterocycles. The van der Waals surface area contributed by atoms with Gasteiger partial charge < -0.3 is 14.5 Å². The molecule has 1 aromatic rings. The van der Waals surface area contributed by atoms with Crippen LogP contribution < -0.4 is 4.90 Å². The van der Waals surface area contributed by atoms with E-state index >= 15 is 0 Å². The monoisotopic (exact) mass is 328 g/mol. The molecule has 122 valence electrons. The molecule has 1 aliphatic heterocycles. The van der Waals surface area contributed by atoms with Gasteiger partial charge in [0.15, 0.2) is 0 Å². The Bertz CT molecular complexity index is 560. The van der Waals surface area contributed by atoms with Gasteiger partial charge in [0.25, 0.3) is 0 Å². The van der Waals surface area contributed by atoms with Gasteiger partial charge in [0.05, 0.1) is 5.02 Å². The van der Waals surface area contributed by atoms with Crippen LogP contribution in [0.1, 0.15) is 27.7 Å². The summed E-state index contributed by atoms with van der Waals surface area (Å²) in [5.41, 5.74) is 0.273.